The number of nitrogens with two attached hydrogens (primary N) is 2. The van der Waals surface area contributed by atoms with Crippen LogP contribution in [-0.4, -0.2) is 0 Å². The lowest BCUT2D eigenvalue weighted by molar-refractivity contribution is -0.137. The number of anilines is 5. The first-order valence-electron chi connectivity index (χ1n) is 9.76. The number of ether oxygens (including phenoxy) is 1. The van der Waals surface area contributed by atoms with Gasteiger partial charge in [-0.1, -0.05) is 0 Å². The summed E-state index contributed by atoms with van der Waals surface area (Å²) in [6, 6.07) is 26.8. The Labute approximate surface area is 183 Å². The van der Waals surface area contributed by atoms with Crippen LogP contribution in [0.4, 0.5) is 41.6 Å². The highest BCUT2D eigenvalue weighted by atomic mass is 19.4. The molecule has 0 saturated heterocycles. The summed E-state index contributed by atoms with van der Waals surface area (Å²) in [6.07, 6.45) is -4.38. The molecule has 162 valence electrons. The van der Waals surface area contributed by atoms with Crippen molar-refractivity contribution in [3.05, 3.63) is 103 Å². The minimum Gasteiger partial charge on any atom is -0.457 e. The van der Waals surface area contributed by atoms with Crippen molar-refractivity contribution in [2.45, 2.75) is 6.18 Å². The Kier molecular flexibility index (Phi) is 5.64. The van der Waals surface area contributed by atoms with Gasteiger partial charge in [0.25, 0.3) is 0 Å². The molecule has 0 aliphatic heterocycles. The molecule has 4 N–H and O–H groups in total. The van der Waals surface area contributed by atoms with Crippen molar-refractivity contribution in [1.82, 2.24) is 0 Å². The van der Waals surface area contributed by atoms with Gasteiger partial charge in [0, 0.05) is 28.4 Å². The van der Waals surface area contributed by atoms with Crippen molar-refractivity contribution in [3.8, 4) is 11.5 Å². The van der Waals surface area contributed by atoms with Gasteiger partial charge >= 0.3 is 6.18 Å². The van der Waals surface area contributed by atoms with E-state index in [1.165, 1.54) is 12.1 Å². The lowest BCUT2D eigenvalue weighted by Crippen LogP contribution is -2.10. The van der Waals surface area contributed by atoms with Gasteiger partial charge in [-0.25, -0.2) is 0 Å². The molecule has 0 amide bonds. The molecule has 4 aromatic rings. The second-order valence-electron chi connectivity index (χ2n) is 7.14. The van der Waals surface area contributed by atoms with Crippen LogP contribution in [-0.2, 0) is 6.18 Å². The summed E-state index contributed by atoms with van der Waals surface area (Å²) in [4.78, 5) is 2.03. The fourth-order valence-corrected chi connectivity index (χ4v) is 3.21. The Balaban J connectivity index is 1.60. The number of alkyl halides is 3. The number of halogens is 3. The summed E-state index contributed by atoms with van der Waals surface area (Å²) in [7, 11) is 0. The summed E-state index contributed by atoms with van der Waals surface area (Å²) in [5.74, 6) is 0.822. The number of hydrogen-bond donors (Lipinski definition) is 2. The van der Waals surface area contributed by atoms with Crippen LogP contribution >= 0.6 is 0 Å². The highest BCUT2D eigenvalue weighted by molar-refractivity contribution is 5.78. The Bertz CT molecular complexity index is 1130. The Morgan fingerprint density at radius 2 is 0.875 bits per heavy atom. The quantitative estimate of drug-likeness (QED) is 0.327. The van der Waals surface area contributed by atoms with Crippen molar-refractivity contribution in [1.29, 1.82) is 0 Å². The van der Waals surface area contributed by atoms with E-state index < -0.39 is 11.7 Å². The van der Waals surface area contributed by atoms with Crippen molar-refractivity contribution in [2.24, 2.45) is 0 Å². The molecule has 0 unspecified atom stereocenters. The maximum Gasteiger partial charge on any atom is 0.416 e. The van der Waals surface area contributed by atoms with Crippen LogP contribution in [0.5, 0.6) is 11.5 Å². The second kappa shape index (κ2) is 8.55. The fourth-order valence-electron chi connectivity index (χ4n) is 3.21. The Morgan fingerprint density at radius 3 is 1.25 bits per heavy atom. The number of benzene rings is 4. The molecule has 4 rings (SSSR count). The smallest absolute Gasteiger partial charge is 0.416 e. The Hall–Kier alpha value is -4.13. The monoisotopic (exact) mass is 435 g/mol. The molecule has 4 aromatic carbocycles. The normalized spacial score (nSPS) is 11.2. The second-order valence-corrected chi connectivity index (χ2v) is 7.14. The van der Waals surface area contributed by atoms with E-state index in [9.17, 15) is 13.2 Å². The third-order valence-corrected chi connectivity index (χ3v) is 4.81. The van der Waals surface area contributed by atoms with Crippen molar-refractivity contribution in [2.75, 3.05) is 16.4 Å². The van der Waals surface area contributed by atoms with E-state index in [4.69, 9.17) is 16.2 Å². The molecule has 0 heterocycles. The van der Waals surface area contributed by atoms with E-state index in [0.717, 1.165) is 29.2 Å². The summed E-state index contributed by atoms with van der Waals surface area (Å²) in [5, 5.41) is 0. The number of hydrogen-bond acceptors (Lipinski definition) is 4. The van der Waals surface area contributed by atoms with Gasteiger partial charge in [0.15, 0.2) is 0 Å². The van der Waals surface area contributed by atoms with E-state index in [-0.39, 0.29) is 0 Å². The maximum absolute atomic E-state index is 12.7. The topological polar surface area (TPSA) is 64.5 Å². The molecule has 0 atom stereocenters. The number of nitrogen functional groups attached to an aromatic ring is 2. The molecule has 0 radical (unpaired) electrons. The minimum atomic E-state index is -4.38. The predicted octanol–water partition coefficient (Wildman–Crippen LogP) is 7.13. The maximum atomic E-state index is 12.7. The van der Waals surface area contributed by atoms with Crippen LogP contribution in [0.2, 0.25) is 0 Å². The number of rotatable bonds is 5. The van der Waals surface area contributed by atoms with Gasteiger partial charge in [0.05, 0.1) is 5.56 Å². The zero-order chi connectivity index (χ0) is 22.7. The zero-order valence-corrected chi connectivity index (χ0v) is 16.9. The minimum absolute atomic E-state index is 0.319. The van der Waals surface area contributed by atoms with Crippen LogP contribution in [0.3, 0.4) is 0 Å². The lowest BCUT2D eigenvalue weighted by Gasteiger charge is -2.25. The van der Waals surface area contributed by atoms with E-state index in [0.29, 0.717) is 22.9 Å². The first-order valence-corrected chi connectivity index (χ1v) is 9.76. The van der Waals surface area contributed by atoms with E-state index >= 15 is 0 Å². The van der Waals surface area contributed by atoms with Crippen LogP contribution in [0, 0.1) is 0 Å². The Morgan fingerprint density at radius 1 is 0.531 bits per heavy atom. The fraction of sp³-hybridized carbons (Fsp3) is 0.0400. The molecule has 0 aliphatic carbocycles. The van der Waals surface area contributed by atoms with Crippen molar-refractivity contribution < 1.29 is 17.9 Å². The number of nitrogens with zero attached hydrogens (tertiary/aromatic N) is 1. The highest BCUT2D eigenvalue weighted by Gasteiger charge is 2.30. The van der Waals surface area contributed by atoms with Gasteiger partial charge in [0.2, 0.25) is 0 Å². The van der Waals surface area contributed by atoms with E-state index in [2.05, 4.69) is 0 Å². The molecule has 32 heavy (non-hydrogen) atoms. The van der Waals surface area contributed by atoms with Crippen LogP contribution < -0.4 is 21.1 Å². The largest absolute Gasteiger partial charge is 0.457 e. The van der Waals surface area contributed by atoms with Gasteiger partial charge in [-0.3, -0.25) is 0 Å². The van der Waals surface area contributed by atoms with Crippen molar-refractivity contribution >= 4 is 28.4 Å². The van der Waals surface area contributed by atoms with Gasteiger partial charge in [-0.15, -0.1) is 0 Å². The molecule has 0 bridgehead atoms. The molecule has 0 saturated carbocycles. The molecular weight excluding hydrogens is 415 g/mol. The van der Waals surface area contributed by atoms with Crippen LogP contribution in [0.1, 0.15) is 5.56 Å². The molecule has 0 aromatic heterocycles. The predicted molar refractivity (Wildman–Crippen MR) is 121 cm³/mol. The van der Waals surface area contributed by atoms with E-state index in [1.54, 1.807) is 12.1 Å². The van der Waals surface area contributed by atoms with Gasteiger partial charge in [0.1, 0.15) is 11.5 Å². The van der Waals surface area contributed by atoms with Crippen LogP contribution in [0.25, 0.3) is 0 Å². The molecule has 4 nitrogen and oxygen atoms in total. The average molecular weight is 435 g/mol. The molecule has 0 aliphatic rings. The summed E-state index contributed by atoms with van der Waals surface area (Å²) < 4.78 is 43.9. The summed E-state index contributed by atoms with van der Waals surface area (Å²) in [6.45, 7) is 0. The molecular formula is C25H20F3N3O. The summed E-state index contributed by atoms with van der Waals surface area (Å²) in [5.41, 5.74) is 14.9. The SMILES string of the molecule is Nc1ccc(N(c2ccc(N)cc2)c2ccc(Oc3ccc(C(F)(F)F)cc3)cc2)cc1. The van der Waals surface area contributed by atoms with Crippen molar-refractivity contribution in [3.63, 3.8) is 0 Å². The average Bonchev–Trinajstić information content (AvgIpc) is 2.77. The lowest BCUT2D eigenvalue weighted by atomic mass is 10.1. The van der Waals surface area contributed by atoms with Crippen LogP contribution in [0.15, 0.2) is 97.1 Å². The molecule has 0 spiro atoms. The highest BCUT2D eigenvalue weighted by Crippen LogP contribution is 2.37. The standard InChI is InChI=1S/C25H20F3N3O/c26-25(27,28)17-1-13-23(14-2-17)32-24-15-11-22(12-16-24)31(20-7-3-18(29)4-8-20)21-9-5-19(30)6-10-21/h1-16H,29-30H2. The zero-order valence-electron chi connectivity index (χ0n) is 16.9. The summed E-state index contributed by atoms with van der Waals surface area (Å²) >= 11 is 0. The van der Waals surface area contributed by atoms with Gasteiger partial charge < -0.3 is 21.1 Å². The third kappa shape index (κ3) is 4.78. The third-order valence-electron chi connectivity index (χ3n) is 4.81. The van der Waals surface area contributed by atoms with E-state index in [1.807, 2.05) is 65.6 Å². The van der Waals surface area contributed by atoms with Gasteiger partial charge in [-0.05, 0) is 97.1 Å². The molecule has 0 fully saturated rings. The van der Waals surface area contributed by atoms with Gasteiger partial charge in [-0.2, -0.15) is 13.2 Å². The first-order chi connectivity index (χ1) is 15.3. The molecule has 7 heteroatoms. The first kappa shape index (κ1) is 21.1.